The largest absolute Gasteiger partial charge is 0.495 e. The van der Waals surface area contributed by atoms with Gasteiger partial charge in [-0.3, -0.25) is 0 Å². The lowest BCUT2D eigenvalue weighted by molar-refractivity contribution is -0.130. The van der Waals surface area contributed by atoms with Crippen molar-refractivity contribution < 1.29 is 14.6 Å². The summed E-state index contributed by atoms with van der Waals surface area (Å²) in [5, 5.41) is 9.77. The molecule has 0 fully saturated rings. The molecule has 0 aliphatic carbocycles. The van der Waals surface area contributed by atoms with E-state index in [1.807, 2.05) is 0 Å². The third-order valence-electron chi connectivity index (χ3n) is 2.22. The minimum absolute atomic E-state index is 0.152. The van der Waals surface area contributed by atoms with E-state index in [1.165, 1.54) is 19.2 Å². The van der Waals surface area contributed by atoms with Crippen LogP contribution in [-0.4, -0.2) is 18.2 Å². The number of carbonyl (C=O) groups is 1. The zero-order chi connectivity index (χ0) is 13.2. The number of halogens is 2. The maximum Gasteiger partial charge on any atom is 0.336 e. The van der Waals surface area contributed by atoms with Crippen molar-refractivity contribution in [1.29, 1.82) is 0 Å². The van der Waals surface area contributed by atoms with Crippen LogP contribution in [0.25, 0.3) is 5.57 Å². The van der Waals surface area contributed by atoms with E-state index in [2.05, 4.69) is 0 Å². The lowest BCUT2D eigenvalue weighted by atomic mass is 10.0. The molecule has 0 aliphatic heterocycles. The average molecular weight is 275 g/mol. The van der Waals surface area contributed by atoms with Crippen molar-refractivity contribution in [3.8, 4) is 5.75 Å². The molecular weight excluding hydrogens is 263 g/mol. The monoisotopic (exact) mass is 274 g/mol. The van der Waals surface area contributed by atoms with Gasteiger partial charge in [-0.15, -0.1) is 0 Å². The summed E-state index contributed by atoms with van der Waals surface area (Å²) in [6, 6.07) is 3.00. The molecule has 0 saturated heterocycles. The highest BCUT2D eigenvalue weighted by atomic mass is 35.5. The molecule has 92 valence electrons. The highest BCUT2D eigenvalue weighted by Crippen LogP contribution is 2.35. The van der Waals surface area contributed by atoms with E-state index >= 15 is 0 Å². The second kappa shape index (κ2) is 5.43. The summed E-state index contributed by atoms with van der Waals surface area (Å²) in [5.41, 5.74) is 1.20. The summed E-state index contributed by atoms with van der Waals surface area (Å²) in [6.45, 7) is 3.41. The van der Waals surface area contributed by atoms with Gasteiger partial charge in [-0.1, -0.05) is 28.8 Å². The van der Waals surface area contributed by atoms with Crippen LogP contribution in [0.15, 0.2) is 17.7 Å². The van der Waals surface area contributed by atoms with E-state index in [0.29, 0.717) is 26.9 Å². The van der Waals surface area contributed by atoms with Crippen LogP contribution in [0.2, 0.25) is 10.0 Å². The Balaban J connectivity index is 3.47. The standard InChI is InChI=1S/C12H12Cl2O3/c1-6(2)11(12(15)16)7-4-9(14)10(17-3)5-8(7)13/h4-5H,1-3H3,(H,15,16). The Morgan fingerprint density at radius 1 is 1.24 bits per heavy atom. The van der Waals surface area contributed by atoms with E-state index in [1.54, 1.807) is 13.8 Å². The number of rotatable bonds is 3. The van der Waals surface area contributed by atoms with Crippen LogP contribution >= 0.6 is 23.2 Å². The van der Waals surface area contributed by atoms with Crippen molar-refractivity contribution in [2.75, 3.05) is 7.11 Å². The number of carboxylic acid groups (broad SMARTS) is 1. The number of hydrogen-bond donors (Lipinski definition) is 1. The van der Waals surface area contributed by atoms with Gasteiger partial charge in [0, 0.05) is 11.6 Å². The fourth-order valence-corrected chi connectivity index (χ4v) is 1.96. The van der Waals surface area contributed by atoms with Crippen molar-refractivity contribution in [1.82, 2.24) is 0 Å². The number of allylic oxidation sites excluding steroid dienone is 1. The topological polar surface area (TPSA) is 46.5 Å². The molecule has 0 bridgehead atoms. The lowest BCUT2D eigenvalue weighted by Gasteiger charge is -2.11. The third kappa shape index (κ3) is 2.93. The number of aliphatic carboxylic acids is 1. The van der Waals surface area contributed by atoms with Crippen LogP contribution in [-0.2, 0) is 4.79 Å². The van der Waals surface area contributed by atoms with Gasteiger partial charge < -0.3 is 9.84 Å². The van der Waals surface area contributed by atoms with Crippen molar-refractivity contribution in [2.45, 2.75) is 13.8 Å². The van der Waals surface area contributed by atoms with E-state index in [9.17, 15) is 4.79 Å². The molecule has 1 aromatic rings. The van der Waals surface area contributed by atoms with Crippen LogP contribution in [0, 0.1) is 0 Å². The van der Waals surface area contributed by atoms with E-state index in [0.717, 1.165) is 0 Å². The van der Waals surface area contributed by atoms with Crippen LogP contribution in [0.3, 0.4) is 0 Å². The first kappa shape index (κ1) is 13.9. The van der Waals surface area contributed by atoms with Gasteiger partial charge in [-0.2, -0.15) is 0 Å². The first-order valence-corrected chi connectivity index (χ1v) is 5.58. The molecule has 17 heavy (non-hydrogen) atoms. The van der Waals surface area contributed by atoms with Gasteiger partial charge in [0.05, 0.1) is 22.7 Å². The Kier molecular flexibility index (Phi) is 4.43. The Morgan fingerprint density at radius 3 is 2.24 bits per heavy atom. The number of ether oxygens (including phenoxy) is 1. The lowest BCUT2D eigenvalue weighted by Crippen LogP contribution is -2.03. The predicted molar refractivity (Wildman–Crippen MR) is 68.9 cm³/mol. The van der Waals surface area contributed by atoms with Crippen LogP contribution in [0.4, 0.5) is 0 Å². The van der Waals surface area contributed by atoms with E-state index < -0.39 is 5.97 Å². The van der Waals surface area contributed by atoms with Crippen LogP contribution < -0.4 is 4.74 Å². The second-order valence-corrected chi connectivity index (χ2v) is 4.46. The minimum atomic E-state index is -1.03. The molecule has 5 heteroatoms. The van der Waals surface area contributed by atoms with Crippen LogP contribution in [0.1, 0.15) is 19.4 Å². The molecule has 0 amide bonds. The quantitative estimate of drug-likeness (QED) is 0.851. The molecule has 0 unspecified atom stereocenters. The highest BCUT2D eigenvalue weighted by molar-refractivity contribution is 6.37. The molecule has 3 nitrogen and oxygen atoms in total. The number of hydrogen-bond acceptors (Lipinski definition) is 2. The summed E-state index contributed by atoms with van der Waals surface area (Å²) in [7, 11) is 1.47. The Bertz CT molecular complexity index is 489. The molecule has 1 rings (SSSR count). The fraction of sp³-hybridized carbons (Fsp3) is 0.250. The van der Waals surface area contributed by atoms with Crippen molar-refractivity contribution in [2.24, 2.45) is 0 Å². The minimum Gasteiger partial charge on any atom is -0.495 e. The number of benzene rings is 1. The van der Waals surface area contributed by atoms with Crippen LogP contribution in [0.5, 0.6) is 5.75 Å². The summed E-state index contributed by atoms with van der Waals surface area (Å²) in [4.78, 5) is 11.2. The van der Waals surface area contributed by atoms with E-state index in [4.69, 9.17) is 33.0 Å². The Labute approximate surface area is 110 Å². The van der Waals surface area contributed by atoms with Gasteiger partial charge in [0.15, 0.2) is 0 Å². The molecule has 0 aromatic heterocycles. The molecule has 1 N–H and O–H groups in total. The van der Waals surface area contributed by atoms with Gasteiger partial charge in [0.25, 0.3) is 0 Å². The molecule has 0 radical (unpaired) electrons. The normalized spacial score (nSPS) is 9.94. The SMILES string of the molecule is COc1cc(Cl)c(C(C(=O)O)=C(C)C)cc1Cl. The molecule has 0 spiro atoms. The second-order valence-electron chi connectivity index (χ2n) is 3.65. The summed E-state index contributed by atoms with van der Waals surface area (Å²) < 4.78 is 5.00. The van der Waals surface area contributed by atoms with Gasteiger partial charge in [0.1, 0.15) is 5.75 Å². The number of carboxylic acids is 1. The molecule has 0 aliphatic rings. The average Bonchev–Trinajstić information content (AvgIpc) is 2.21. The summed E-state index contributed by atoms with van der Waals surface area (Å²) in [5.74, 6) is -0.618. The Morgan fingerprint density at radius 2 is 1.82 bits per heavy atom. The fourth-order valence-electron chi connectivity index (χ4n) is 1.48. The van der Waals surface area contributed by atoms with Crippen molar-refractivity contribution >= 4 is 34.7 Å². The zero-order valence-corrected chi connectivity index (χ0v) is 11.2. The molecule has 0 saturated carbocycles. The highest BCUT2D eigenvalue weighted by Gasteiger charge is 2.17. The van der Waals surface area contributed by atoms with Gasteiger partial charge >= 0.3 is 5.97 Å². The van der Waals surface area contributed by atoms with E-state index in [-0.39, 0.29) is 5.57 Å². The maximum absolute atomic E-state index is 11.2. The zero-order valence-electron chi connectivity index (χ0n) is 9.67. The van der Waals surface area contributed by atoms with Gasteiger partial charge in [-0.25, -0.2) is 4.79 Å². The molecule has 0 heterocycles. The summed E-state index contributed by atoms with van der Waals surface area (Å²) in [6.07, 6.45) is 0. The van der Waals surface area contributed by atoms with Crippen molar-refractivity contribution in [3.05, 3.63) is 33.3 Å². The van der Waals surface area contributed by atoms with Crippen molar-refractivity contribution in [3.63, 3.8) is 0 Å². The number of methoxy groups -OCH3 is 1. The first-order valence-electron chi connectivity index (χ1n) is 4.82. The summed E-state index contributed by atoms with van der Waals surface area (Å²) >= 11 is 12.0. The Hall–Kier alpha value is -1.19. The third-order valence-corrected chi connectivity index (χ3v) is 2.83. The maximum atomic E-state index is 11.2. The smallest absolute Gasteiger partial charge is 0.336 e. The predicted octanol–water partition coefficient (Wildman–Crippen LogP) is 3.88. The van der Waals surface area contributed by atoms with Gasteiger partial charge in [-0.05, 0) is 19.9 Å². The molecular formula is C12H12Cl2O3. The van der Waals surface area contributed by atoms with Gasteiger partial charge in [0.2, 0.25) is 0 Å². The molecule has 0 atom stereocenters. The first-order chi connectivity index (χ1) is 7.88. The molecule has 1 aromatic carbocycles.